The maximum atomic E-state index is 12.6. The molecule has 9 heteroatoms. The van der Waals surface area contributed by atoms with Crippen molar-refractivity contribution in [3.8, 4) is 29.1 Å². The van der Waals surface area contributed by atoms with E-state index in [2.05, 4.69) is 0 Å². The van der Waals surface area contributed by atoms with Crippen LogP contribution >= 0.6 is 0 Å². The van der Waals surface area contributed by atoms with E-state index in [0.29, 0.717) is 56.4 Å². The monoisotopic (exact) mass is 480 g/mol. The van der Waals surface area contributed by atoms with E-state index in [9.17, 15) is 14.9 Å². The van der Waals surface area contributed by atoms with Crippen molar-refractivity contribution in [3.05, 3.63) is 53.6 Å². The Bertz CT molecular complexity index is 1080. The summed E-state index contributed by atoms with van der Waals surface area (Å²) in [5.74, 6) is 1.23. The predicted octanol–water partition coefficient (Wildman–Crippen LogP) is 3.23. The van der Waals surface area contributed by atoms with Crippen molar-refractivity contribution in [3.63, 3.8) is 0 Å². The van der Waals surface area contributed by atoms with Gasteiger partial charge in [-0.2, -0.15) is 5.26 Å². The van der Waals surface area contributed by atoms with Gasteiger partial charge in [0.1, 0.15) is 23.1 Å². The van der Waals surface area contributed by atoms with Crippen LogP contribution < -0.4 is 18.9 Å². The lowest BCUT2D eigenvalue weighted by atomic mass is 10.1. The van der Waals surface area contributed by atoms with Gasteiger partial charge >= 0.3 is 5.97 Å². The third-order valence-electron chi connectivity index (χ3n) is 5.23. The highest BCUT2D eigenvalue weighted by Crippen LogP contribution is 2.29. The quantitative estimate of drug-likeness (QED) is 0.168. The number of hydrogen-bond donors (Lipinski definition) is 0. The minimum atomic E-state index is -0.426. The number of esters is 1. The Balaban J connectivity index is 1.54. The van der Waals surface area contributed by atoms with Crippen molar-refractivity contribution in [2.45, 2.75) is 12.8 Å². The van der Waals surface area contributed by atoms with Gasteiger partial charge in [-0.15, -0.1) is 0 Å². The molecular weight excluding hydrogens is 452 g/mol. The van der Waals surface area contributed by atoms with Gasteiger partial charge in [-0.25, -0.2) is 0 Å². The largest absolute Gasteiger partial charge is 0.497 e. The molecule has 0 bridgehead atoms. The first-order chi connectivity index (χ1) is 17.0. The molecule has 35 heavy (non-hydrogen) atoms. The fraction of sp³-hybridized carbons (Fsp3) is 0.346. The highest BCUT2D eigenvalue weighted by atomic mass is 16.6. The number of amides is 1. The molecule has 1 aliphatic heterocycles. The number of ether oxygens (including phenoxy) is 5. The van der Waals surface area contributed by atoms with E-state index >= 15 is 0 Å². The van der Waals surface area contributed by atoms with E-state index in [-0.39, 0.29) is 23.7 Å². The van der Waals surface area contributed by atoms with Gasteiger partial charge in [0.25, 0.3) is 5.91 Å². The van der Waals surface area contributed by atoms with Crippen molar-refractivity contribution >= 4 is 18.0 Å². The van der Waals surface area contributed by atoms with E-state index in [1.54, 1.807) is 54.5 Å². The van der Waals surface area contributed by atoms with Gasteiger partial charge in [-0.05, 0) is 54.5 Å². The summed E-state index contributed by atoms with van der Waals surface area (Å²) in [7, 11) is 3.05. The Morgan fingerprint density at radius 1 is 1.03 bits per heavy atom. The van der Waals surface area contributed by atoms with Gasteiger partial charge in [0.15, 0.2) is 11.5 Å². The minimum absolute atomic E-state index is 0.00978. The molecule has 1 saturated heterocycles. The lowest BCUT2D eigenvalue weighted by molar-refractivity contribution is -0.134. The molecule has 0 aromatic heterocycles. The molecule has 2 aromatic carbocycles. The predicted molar refractivity (Wildman–Crippen MR) is 127 cm³/mol. The Labute approximate surface area is 204 Å². The molecular formula is C26H28N2O7. The molecule has 1 amide bonds. The second kappa shape index (κ2) is 13.0. The normalized spacial score (nSPS) is 13.5. The maximum absolute atomic E-state index is 12.6. The lowest BCUT2D eigenvalue weighted by Gasteiger charge is -2.26. The molecule has 0 radical (unpaired) electrons. The number of carbonyl (C=O) groups excluding carboxylic acids is 2. The average Bonchev–Trinajstić information content (AvgIpc) is 2.90. The van der Waals surface area contributed by atoms with Crippen molar-refractivity contribution in [2.75, 3.05) is 47.1 Å². The van der Waals surface area contributed by atoms with Crippen molar-refractivity contribution in [2.24, 2.45) is 0 Å². The number of benzene rings is 2. The summed E-state index contributed by atoms with van der Waals surface area (Å²) in [5, 5.41) is 9.47. The Morgan fingerprint density at radius 2 is 1.74 bits per heavy atom. The van der Waals surface area contributed by atoms with E-state index in [0.717, 1.165) is 5.75 Å². The molecule has 1 fully saturated rings. The lowest BCUT2D eigenvalue weighted by Crippen LogP contribution is -2.41. The van der Waals surface area contributed by atoms with Crippen LogP contribution in [-0.2, 0) is 14.3 Å². The molecule has 0 saturated carbocycles. The van der Waals surface area contributed by atoms with Gasteiger partial charge in [-0.3, -0.25) is 9.59 Å². The molecule has 9 nitrogen and oxygen atoms in total. The molecule has 3 rings (SSSR count). The van der Waals surface area contributed by atoms with Gasteiger partial charge in [0, 0.05) is 19.5 Å². The molecule has 1 aliphatic rings. The SMILES string of the molecule is COc1ccc(OCCCC(=O)Oc2ccc(/C=C(\C#N)C(=O)N3CCOCC3)cc2OC)cc1. The van der Waals surface area contributed by atoms with Crippen LogP contribution in [0.5, 0.6) is 23.0 Å². The second-order valence-corrected chi connectivity index (χ2v) is 7.59. The van der Waals surface area contributed by atoms with Crippen LogP contribution in [0.2, 0.25) is 0 Å². The van der Waals surface area contributed by atoms with Crippen molar-refractivity contribution in [1.29, 1.82) is 5.26 Å². The molecule has 0 atom stereocenters. The van der Waals surface area contributed by atoms with Gasteiger partial charge < -0.3 is 28.6 Å². The Morgan fingerprint density at radius 3 is 2.40 bits per heavy atom. The zero-order valence-corrected chi connectivity index (χ0v) is 19.8. The minimum Gasteiger partial charge on any atom is -0.497 e. The number of rotatable bonds is 10. The number of carbonyl (C=O) groups is 2. The molecule has 0 N–H and O–H groups in total. The summed E-state index contributed by atoms with van der Waals surface area (Å²) in [6, 6.07) is 14.0. The summed E-state index contributed by atoms with van der Waals surface area (Å²) < 4.78 is 26.8. The number of methoxy groups -OCH3 is 2. The van der Waals surface area contributed by atoms with E-state index < -0.39 is 5.97 Å². The van der Waals surface area contributed by atoms with E-state index in [1.807, 2.05) is 6.07 Å². The fourth-order valence-corrected chi connectivity index (χ4v) is 3.36. The highest BCUT2D eigenvalue weighted by Gasteiger charge is 2.21. The summed E-state index contributed by atoms with van der Waals surface area (Å²) in [6.45, 7) is 2.15. The molecule has 0 aliphatic carbocycles. The van der Waals surface area contributed by atoms with Gasteiger partial charge in [-0.1, -0.05) is 6.07 Å². The number of nitrogens with zero attached hydrogens (tertiary/aromatic N) is 2. The van der Waals surface area contributed by atoms with Crippen LogP contribution in [0.25, 0.3) is 6.08 Å². The standard InChI is InChI=1S/C26H28N2O7/c1-31-21-6-8-22(9-7-21)34-13-3-4-25(29)35-23-10-5-19(17-24(23)32-2)16-20(18-27)26(30)28-11-14-33-15-12-28/h5-10,16-17H,3-4,11-15H2,1-2H3/b20-16+. The van der Waals surface area contributed by atoms with Crippen LogP contribution in [0.1, 0.15) is 18.4 Å². The summed E-state index contributed by atoms with van der Waals surface area (Å²) >= 11 is 0. The van der Waals surface area contributed by atoms with Crippen LogP contribution in [0, 0.1) is 11.3 Å². The molecule has 184 valence electrons. The summed E-state index contributed by atoms with van der Waals surface area (Å²) in [6.07, 6.45) is 2.12. The summed E-state index contributed by atoms with van der Waals surface area (Å²) in [5.41, 5.74) is 0.586. The maximum Gasteiger partial charge on any atom is 0.311 e. The Hall–Kier alpha value is -4.03. The van der Waals surface area contributed by atoms with Crippen molar-refractivity contribution in [1.82, 2.24) is 4.90 Å². The number of nitriles is 1. The smallest absolute Gasteiger partial charge is 0.311 e. The third-order valence-corrected chi connectivity index (χ3v) is 5.23. The van der Waals surface area contributed by atoms with Crippen LogP contribution in [0.15, 0.2) is 48.0 Å². The second-order valence-electron chi connectivity index (χ2n) is 7.59. The van der Waals surface area contributed by atoms with E-state index in [4.69, 9.17) is 23.7 Å². The van der Waals surface area contributed by atoms with Gasteiger partial charge in [0.2, 0.25) is 0 Å². The highest BCUT2D eigenvalue weighted by molar-refractivity contribution is 6.01. The zero-order chi connectivity index (χ0) is 25.0. The average molecular weight is 481 g/mol. The third kappa shape index (κ3) is 7.48. The topological polar surface area (TPSA) is 107 Å². The first-order valence-corrected chi connectivity index (χ1v) is 11.2. The molecule has 2 aromatic rings. The summed E-state index contributed by atoms with van der Waals surface area (Å²) in [4.78, 5) is 26.5. The van der Waals surface area contributed by atoms with Crippen LogP contribution in [0.4, 0.5) is 0 Å². The van der Waals surface area contributed by atoms with Crippen molar-refractivity contribution < 1.29 is 33.3 Å². The molecule has 0 spiro atoms. The van der Waals surface area contributed by atoms with Crippen LogP contribution in [-0.4, -0.2) is 63.9 Å². The number of morpholine rings is 1. The first kappa shape index (κ1) is 25.6. The van der Waals surface area contributed by atoms with E-state index in [1.165, 1.54) is 13.2 Å². The fourth-order valence-electron chi connectivity index (χ4n) is 3.36. The van der Waals surface area contributed by atoms with Crippen LogP contribution in [0.3, 0.4) is 0 Å². The zero-order valence-electron chi connectivity index (χ0n) is 19.8. The molecule has 1 heterocycles. The molecule has 0 unspecified atom stereocenters. The number of hydrogen-bond acceptors (Lipinski definition) is 8. The first-order valence-electron chi connectivity index (χ1n) is 11.2. The Kier molecular flexibility index (Phi) is 9.51. The van der Waals surface area contributed by atoms with Gasteiger partial charge in [0.05, 0.1) is 34.0 Å².